The van der Waals surface area contributed by atoms with E-state index in [1.807, 2.05) is 24.3 Å². The summed E-state index contributed by atoms with van der Waals surface area (Å²) >= 11 is 3.46. The van der Waals surface area contributed by atoms with Gasteiger partial charge in [-0.2, -0.15) is 0 Å². The average molecular weight is 334 g/mol. The van der Waals surface area contributed by atoms with Crippen molar-refractivity contribution < 1.29 is 5.11 Å². The zero-order valence-electron chi connectivity index (χ0n) is 12.1. The molecule has 0 spiro atoms. The molecule has 0 saturated heterocycles. The zero-order valence-corrected chi connectivity index (χ0v) is 13.7. The van der Waals surface area contributed by atoms with E-state index in [0.29, 0.717) is 0 Å². The van der Waals surface area contributed by atoms with E-state index in [1.54, 1.807) is 0 Å². The molecule has 3 heteroatoms. The fourth-order valence-electron chi connectivity index (χ4n) is 2.36. The van der Waals surface area contributed by atoms with Gasteiger partial charge < -0.3 is 10.4 Å². The maximum atomic E-state index is 9.72. The number of aryl methyl sites for hydroxylation is 3. The lowest BCUT2D eigenvalue weighted by atomic mass is 9.96. The second kappa shape index (κ2) is 6.42. The molecule has 0 radical (unpaired) electrons. The smallest absolute Gasteiger partial charge is 0.0747 e. The van der Waals surface area contributed by atoms with E-state index < -0.39 is 0 Å². The molecule has 1 unspecified atom stereocenters. The molecule has 0 aliphatic carbocycles. The van der Waals surface area contributed by atoms with Crippen LogP contribution in [0.4, 0.5) is 5.69 Å². The van der Waals surface area contributed by atoms with Crippen molar-refractivity contribution in [3.8, 4) is 0 Å². The molecule has 2 N–H and O–H groups in total. The van der Waals surface area contributed by atoms with Crippen LogP contribution >= 0.6 is 15.9 Å². The number of rotatable bonds is 4. The third kappa shape index (κ3) is 3.41. The van der Waals surface area contributed by atoms with Crippen LogP contribution < -0.4 is 5.32 Å². The van der Waals surface area contributed by atoms with Gasteiger partial charge >= 0.3 is 0 Å². The molecule has 20 heavy (non-hydrogen) atoms. The van der Waals surface area contributed by atoms with Crippen molar-refractivity contribution in [1.29, 1.82) is 0 Å². The topological polar surface area (TPSA) is 32.3 Å². The number of aliphatic hydroxyl groups excluding tert-OH is 1. The Labute approximate surface area is 129 Å². The monoisotopic (exact) mass is 333 g/mol. The van der Waals surface area contributed by atoms with Crippen molar-refractivity contribution in [1.82, 2.24) is 0 Å². The van der Waals surface area contributed by atoms with E-state index in [-0.39, 0.29) is 12.6 Å². The highest BCUT2D eigenvalue weighted by Crippen LogP contribution is 2.26. The number of benzene rings is 2. The SMILES string of the molecule is Cc1cc(C)c(C(CO)Nc2cccc(Br)c2)cc1C. The van der Waals surface area contributed by atoms with Crippen LogP contribution in [-0.2, 0) is 0 Å². The van der Waals surface area contributed by atoms with Gasteiger partial charge in [-0.1, -0.05) is 34.1 Å². The molecule has 2 nitrogen and oxygen atoms in total. The summed E-state index contributed by atoms with van der Waals surface area (Å²) in [4.78, 5) is 0. The van der Waals surface area contributed by atoms with Crippen molar-refractivity contribution in [3.05, 3.63) is 63.1 Å². The Balaban J connectivity index is 2.31. The first-order valence-corrected chi connectivity index (χ1v) is 7.51. The van der Waals surface area contributed by atoms with E-state index in [4.69, 9.17) is 0 Å². The summed E-state index contributed by atoms with van der Waals surface area (Å²) < 4.78 is 1.02. The number of nitrogens with one attached hydrogen (secondary N) is 1. The first-order chi connectivity index (χ1) is 9.51. The minimum atomic E-state index is -0.0939. The summed E-state index contributed by atoms with van der Waals surface area (Å²) in [5.74, 6) is 0. The van der Waals surface area contributed by atoms with Crippen LogP contribution in [0, 0.1) is 20.8 Å². The quantitative estimate of drug-likeness (QED) is 0.862. The van der Waals surface area contributed by atoms with E-state index in [0.717, 1.165) is 15.7 Å². The van der Waals surface area contributed by atoms with Crippen LogP contribution in [0.1, 0.15) is 28.3 Å². The molecule has 2 aromatic rings. The molecule has 0 heterocycles. The van der Waals surface area contributed by atoms with Gasteiger partial charge in [0, 0.05) is 10.2 Å². The Kier molecular flexibility index (Phi) is 4.84. The van der Waals surface area contributed by atoms with Gasteiger partial charge in [0.05, 0.1) is 12.6 Å². The van der Waals surface area contributed by atoms with Gasteiger partial charge in [-0.15, -0.1) is 0 Å². The molecular formula is C17H20BrNO. The number of halogens is 1. The minimum absolute atomic E-state index is 0.0653. The fourth-order valence-corrected chi connectivity index (χ4v) is 2.76. The van der Waals surface area contributed by atoms with Crippen LogP contribution in [-0.4, -0.2) is 11.7 Å². The Bertz CT molecular complexity index is 610. The van der Waals surface area contributed by atoms with Gasteiger partial charge in [0.1, 0.15) is 0 Å². The number of hydrogen-bond acceptors (Lipinski definition) is 2. The van der Waals surface area contributed by atoms with Crippen LogP contribution in [0.3, 0.4) is 0 Å². The molecular weight excluding hydrogens is 314 g/mol. The van der Waals surface area contributed by atoms with Gasteiger partial charge in [-0.3, -0.25) is 0 Å². The van der Waals surface area contributed by atoms with E-state index in [1.165, 1.54) is 16.7 Å². The standard InChI is InChI=1S/C17H20BrNO/c1-11-7-13(3)16(8-12(11)2)17(10-20)19-15-6-4-5-14(18)9-15/h4-9,17,19-20H,10H2,1-3H3. The van der Waals surface area contributed by atoms with Gasteiger partial charge in [0.2, 0.25) is 0 Å². The van der Waals surface area contributed by atoms with Crippen molar-refractivity contribution in [2.75, 3.05) is 11.9 Å². The highest BCUT2D eigenvalue weighted by Gasteiger charge is 2.14. The van der Waals surface area contributed by atoms with E-state index in [9.17, 15) is 5.11 Å². The summed E-state index contributed by atoms with van der Waals surface area (Å²) in [5.41, 5.74) is 5.88. The normalized spacial score (nSPS) is 12.2. The third-order valence-corrected chi connectivity index (χ3v) is 4.10. The lowest BCUT2D eigenvalue weighted by Gasteiger charge is -2.21. The number of anilines is 1. The molecule has 0 saturated carbocycles. The van der Waals surface area contributed by atoms with Crippen molar-refractivity contribution in [2.45, 2.75) is 26.8 Å². The molecule has 1 atom stereocenters. The van der Waals surface area contributed by atoms with E-state index >= 15 is 0 Å². The molecule has 0 fully saturated rings. The summed E-state index contributed by atoms with van der Waals surface area (Å²) in [6, 6.07) is 12.2. The first-order valence-electron chi connectivity index (χ1n) is 6.72. The molecule has 106 valence electrons. The van der Waals surface area contributed by atoms with Crippen LogP contribution in [0.25, 0.3) is 0 Å². The average Bonchev–Trinajstić information content (AvgIpc) is 2.40. The predicted molar refractivity (Wildman–Crippen MR) is 88.2 cm³/mol. The lowest BCUT2D eigenvalue weighted by molar-refractivity contribution is 0.276. The Morgan fingerprint density at radius 2 is 1.75 bits per heavy atom. The van der Waals surface area contributed by atoms with Crippen LogP contribution in [0.15, 0.2) is 40.9 Å². The summed E-state index contributed by atoms with van der Waals surface area (Å²) in [6.07, 6.45) is 0. The Morgan fingerprint density at radius 1 is 1.05 bits per heavy atom. The molecule has 0 aliphatic rings. The largest absolute Gasteiger partial charge is 0.394 e. The second-order valence-corrected chi connectivity index (χ2v) is 6.10. The molecule has 2 aromatic carbocycles. The highest BCUT2D eigenvalue weighted by atomic mass is 79.9. The molecule has 0 aromatic heterocycles. The summed E-state index contributed by atoms with van der Waals surface area (Å²) in [7, 11) is 0. The Morgan fingerprint density at radius 3 is 2.40 bits per heavy atom. The third-order valence-electron chi connectivity index (χ3n) is 3.61. The van der Waals surface area contributed by atoms with E-state index in [2.05, 4.69) is 54.2 Å². The second-order valence-electron chi connectivity index (χ2n) is 5.18. The molecule has 2 rings (SSSR count). The maximum absolute atomic E-state index is 9.72. The number of hydrogen-bond donors (Lipinski definition) is 2. The van der Waals surface area contributed by atoms with Crippen molar-refractivity contribution in [2.24, 2.45) is 0 Å². The molecule has 0 bridgehead atoms. The molecule has 0 amide bonds. The predicted octanol–water partition coefficient (Wildman–Crippen LogP) is 4.52. The minimum Gasteiger partial charge on any atom is -0.394 e. The number of aliphatic hydroxyl groups is 1. The van der Waals surface area contributed by atoms with Gasteiger partial charge in [-0.05, 0) is 61.2 Å². The van der Waals surface area contributed by atoms with Gasteiger partial charge in [-0.25, -0.2) is 0 Å². The summed E-state index contributed by atoms with van der Waals surface area (Å²) in [6.45, 7) is 6.37. The van der Waals surface area contributed by atoms with Crippen LogP contribution in [0.2, 0.25) is 0 Å². The van der Waals surface area contributed by atoms with Gasteiger partial charge in [0.25, 0.3) is 0 Å². The first kappa shape index (κ1) is 15.1. The van der Waals surface area contributed by atoms with Crippen molar-refractivity contribution in [3.63, 3.8) is 0 Å². The zero-order chi connectivity index (χ0) is 14.7. The van der Waals surface area contributed by atoms with Crippen LogP contribution in [0.5, 0.6) is 0 Å². The molecule has 0 aliphatic heterocycles. The summed E-state index contributed by atoms with van der Waals surface area (Å²) in [5, 5.41) is 13.1. The Hall–Kier alpha value is -1.32. The lowest BCUT2D eigenvalue weighted by Crippen LogP contribution is -2.16. The van der Waals surface area contributed by atoms with Crippen molar-refractivity contribution >= 4 is 21.6 Å². The maximum Gasteiger partial charge on any atom is 0.0747 e. The van der Waals surface area contributed by atoms with Gasteiger partial charge in [0.15, 0.2) is 0 Å². The highest BCUT2D eigenvalue weighted by molar-refractivity contribution is 9.10. The fraction of sp³-hybridized carbons (Fsp3) is 0.294.